The lowest BCUT2D eigenvalue weighted by Crippen LogP contribution is -2.50. The molecule has 33 heavy (non-hydrogen) atoms. The summed E-state index contributed by atoms with van der Waals surface area (Å²) in [6.45, 7) is 1.09. The lowest BCUT2D eigenvalue weighted by atomic mass is 10.2. The van der Waals surface area contributed by atoms with Crippen LogP contribution in [0.1, 0.15) is 12.8 Å². The van der Waals surface area contributed by atoms with Gasteiger partial charge in [-0.15, -0.1) is 0 Å². The Kier molecular flexibility index (Phi) is 6.73. The van der Waals surface area contributed by atoms with Gasteiger partial charge in [-0.05, 0) is 30.7 Å². The molecule has 0 atom stereocenters. The highest BCUT2D eigenvalue weighted by Gasteiger charge is 2.33. The van der Waals surface area contributed by atoms with Gasteiger partial charge in [-0.3, -0.25) is 14.5 Å². The van der Waals surface area contributed by atoms with Crippen molar-refractivity contribution in [3.05, 3.63) is 54.1 Å². The summed E-state index contributed by atoms with van der Waals surface area (Å²) in [5.74, 6) is -2.55. The van der Waals surface area contributed by atoms with E-state index in [1.807, 2.05) is 0 Å². The standard InChI is InChI=1S/C22H24F2N4O4S/c23-16-5-3-6-17(24)22(16)33(31,32)27-13-11-26(12-14-27)15-20(29)25-18-7-1-2-8-19(18)28-10-4-9-21(28)30/h1-3,5-8H,4,9-15H2,(H,25,29). The average Bonchev–Trinajstić information content (AvgIpc) is 3.20. The molecular weight excluding hydrogens is 454 g/mol. The van der Waals surface area contributed by atoms with E-state index in [0.29, 0.717) is 24.3 Å². The van der Waals surface area contributed by atoms with Crippen molar-refractivity contribution in [1.29, 1.82) is 0 Å². The molecule has 0 bridgehead atoms. The predicted octanol–water partition coefficient (Wildman–Crippen LogP) is 2.04. The second kappa shape index (κ2) is 9.54. The molecule has 2 amide bonds. The number of halogens is 2. The largest absolute Gasteiger partial charge is 0.323 e. The SMILES string of the molecule is O=C(CN1CCN(S(=O)(=O)c2c(F)cccc2F)CC1)Nc1ccccc1N1CCCC1=O. The van der Waals surface area contributed by atoms with Crippen molar-refractivity contribution in [3.63, 3.8) is 0 Å². The highest BCUT2D eigenvalue weighted by molar-refractivity contribution is 7.89. The fourth-order valence-electron chi connectivity index (χ4n) is 4.10. The number of sulfonamides is 1. The number of carbonyl (C=O) groups excluding carboxylic acids is 2. The molecule has 2 aliphatic rings. The number of nitrogens with zero attached hydrogens (tertiary/aromatic N) is 3. The van der Waals surface area contributed by atoms with Gasteiger partial charge in [0.1, 0.15) is 11.6 Å². The second-order valence-corrected chi connectivity index (χ2v) is 9.82. The molecule has 2 aliphatic heterocycles. The van der Waals surface area contributed by atoms with Crippen molar-refractivity contribution < 1.29 is 26.8 Å². The van der Waals surface area contributed by atoms with Crippen LogP contribution in [0.2, 0.25) is 0 Å². The molecule has 0 aromatic heterocycles. The summed E-state index contributed by atoms with van der Waals surface area (Å²) in [7, 11) is -4.33. The maximum Gasteiger partial charge on any atom is 0.249 e. The number of hydrogen-bond donors (Lipinski definition) is 1. The molecule has 1 N–H and O–H groups in total. The smallest absolute Gasteiger partial charge is 0.249 e. The summed E-state index contributed by atoms with van der Waals surface area (Å²) in [6.07, 6.45) is 1.25. The first-order chi connectivity index (χ1) is 15.8. The number of anilines is 2. The summed E-state index contributed by atoms with van der Waals surface area (Å²) in [5, 5.41) is 2.83. The minimum atomic E-state index is -4.33. The highest BCUT2D eigenvalue weighted by Crippen LogP contribution is 2.29. The van der Waals surface area contributed by atoms with Gasteiger partial charge in [0, 0.05) is 39.1 Å². The number of para-hydroxylation sites is 2. The lowest BCUT2D eigenvalue weighted by Gasteiger charge is -2.33. The van der Waals surface area contributed by atoms with E-state index in [0.717, 1.165) is 28.9 Å². The average molecular weight is 479 g/mol. The first kappa shape index (κ1) is 23.3. The summed E-state index contributed by atoms with van der Waals surface area (Å²) in [5.41, 5.74) is 1.19. The molecule has 176 valence electrons. The van der Waals surface area contributed by atoms with E-state index in [4.69, 9.17) is 0 Å². The van der Waals surface area contributed by atoms with Crippen molar-refractivity contribution in [2.75, 3.05) is 49.5 Å². The Labute approximate surface area is 190 Å². The zero-order chi connectivity index (χ0) is 23.6. The Morgan fingerprint density at radius 3 is 2.24 bits per heavy atom. The van der Waals surface area contributed by atoms with Gasteiger partial charge >= 0.3 is 0 Å². The quantitative estimate of drug-likeness (QED) is 0.686. The lowest BCUT2D eigenvalue weighted by molar-refractivity contribution is -0.118. The third kappa shape index (κ3) is 4.90. The fourth-order valence-corrected chi connectivity index (χ4v) is 5.63. The number of nitrogens with one attached hydrogen (secondary N) is 1. The minimum Gasteiger partial charge on any atom is -0.323 e. The van der Waals surface area contributed by atoms with Gasteiger partial charge in [0.15, 0.2) is 4.90 Å². The van der Waals surface area contributed by atoms with Gasteiger partial charge < -0.3 is 10.2 Å². The Morgan fingerprint density at radius 2 is 1.61 bits per heavy atom. The zero-order valence-corrected chi connectivity index (χ0v) is 18.7. The Morgan fingerprint density at radius 1 is 0.939 bits per heavy atom. The van der Waals surface area contributed by atoms with Crippen molar-refractivity contribution in [2.45, 2.75) is 17.7 Å². The third-order valence-corrected chi connectivity index (χ3v) is 7.71. The van der Waals surface area contributed by atoms with Crippen LogP contribution < -0.4 is 10.2 Å². The van der Waals surface area contributed by atoms with E-state index < -0.39 is 26.6 Å². The highest BCUT2D eigenvalue weighted by atomic mass is 32.2. The first-order valence-corrected chi connectivity index (χ1v) is 12.1. The Hall–Kier alpha value is -2.89. The summed E-state index contributed by atoms with van der Waals surface area (Å²) >= 11 is 0. The van der Waals surface area contributed by atoms with Gasteiger partial charge in [-0.25, -0.2) is 17.2 Å². The molecule has 0 spiro atoms. The van der Waals surface area contributed by atoms with E-state index in [1.54, 1.807) is 34.1 Å². The molecule has 2 aromatic rings. The van der Waals surface area contributed by atoms with Crippen LogP contribution in [-0.2, 0) is 19.6 Å². The Bertz CT molecular complexity index is 1150. The molecule has 2 saturated heterocycles. The number of hydrogen-bond acceptors (Lipinski definition) is 5. The van der Waals surface area contributed by atoms with Crippen molar-refractivity contribution in [1.82, 2.24) is 9.21 Å². The minimum absolute atomic E-state index is 0.00224. The van der Waals surface area contributed by atoms with E-state index >= 15 is 0 Å². The molecular formula is C22H24F2N4O4S. The van der Waals surface area contributed by atoms with Crippen LogP contribution in [0.5, 0.6) is 0 Å². The van der Waals surface area contributed by atoms with Gasteiger partial charge in [0.25, 0.3) is 0 Å². The zero-order valence-electron chi connectivity index (χ0n) is 17.8. The molecule has 2 fully saturated rings. The van der Waals surface area contributed by atoms with Crippen molar-refractivity contribution in [3.8, 4) is 0 Å². The molecule has 2 aromatic carbocycles. The molecule has 0 unspecified atom stereocenters. The van der Waals surface area contributed by atoms with Gasteiger partial charge in [-0.2, -0.15) is 4.31 Å². The van der Waals surface area contributed by atoms with Crippen LogP contribution >= 0.6 is 0 Å². The van der Waals surface area contributed by atoms with Crippen LogP contribution in [0.15, 0.2) is 47.4 Å². The van der Waals surface area contributed by atoms with E-state index in [9.17, 15) is 26.8 Å². The van der Waals surface area contributed by atoms with E-state index in [2.05, 4.69) is 5.32 Å². The molecule has 8 nitrogen and oxygen atoms in total. The van der Waals surface area contributed by atoms with Crippen LogP contribution in [-0.4, -0.2) is 68.7 Å². The van der Waals surface area contributed by atoms with Gasteiger partial charge in [-0.1, -0.05) is 18.2 Å². The van der Waals surface area contributed by atoms with Crippen LogP contribution in [0.4, 0.5) is 20.2 Å². The monoisotopic (exact) mass is 478 g/mol. The number of piperazine rings is 1. The normalized spacial score (nSPS) is 18.0. The Balaban J connectivity index is 1.36. The van der Waals surface area contributed by atoms with Crippen molar-refractivity contribution >= 4 is 33.2 Å². The first-order valence-electron chi connectivity index (χ1n) is 10.6. The van der Waals surface area contributed by atoms with E-state index in [-0.39, 0.29) is 44.5 Å². The maximum atomic E-state index is 14.0. The van der Waals surface area contributed by atoms with Gasteiger partial charge in [0.2, 0.25) is 21.8 Å². The second-order valence-electron chi connectivity index (χ2n) is 7.95. The molecule has 2 heterocycles. The number of rotatable bonds is 6. The predicted molar refractivity (Wildman–Crippen MR) is 118 cm³/mol. The summed E-state index contributed by atoms with van der Waals surface area (Å²) < 4.78 is 54.4. The van der Waals surface area contributed by atoms with Crippen molar-refractivity contribution in [2.24, 2.45) is 0 Å². The van der Waals surface area contributed by atoms with E-state index in [1.165, 1.54) is 0 Å². The maximum absolute atomic E-state index is 14.0. The number of amides is 2. The van der Waals surface area contributed by atoms with Gasteiger partial charge in [0.05, 0.1) is 17.9 Å². The van der Waals surface area contributed by atoms with Crippen LogP contribution in [0, 0.1) is 11.6 Å². The number of benzene rings is 2. The molecule has 11 heteroatoms. The topological polar surface area (TPSA) is 90.0 Å². The fraction of sp³-hybridized carbons (Fsp3) is 0.364. The van der Waals surface area contributed by atoms with Crippen LogP contribution in [0.25, 0.3) is 0 Å². The molecule has 4 rings (SSSR count). The summed E-state index contributed by atoms with van der Waals surface area (Å²) in [4.78, 5) is 27.2. The molecule has 0 radical (unpaired) electrons. The number of carbonyl (C=O) groups is 2. The molecule has 0 aliphatic carbocycles. The molecule has 0 saturated carbocycles. The van der Waals surface area contributed by atoms with Crippen LogP contribution in [0.3, 0.4) is 0 Å². The summed E-state index contributed by atoms with van der Waals surface area (Å²) in [6, 6.07) is 10.0. The third-order valence-electron chi connectivity index (χ3n) is 5.76.